The van der Waals surface area contributed by atoms with E-state index in [4.69, 9.17) is 5.73 Å². The van der Waals surface area contributed by atoms with Crippen LogP contribution >= 0.6 is 11.8 Å². The number of aryl methyl sites for hydroxylation is 1. The van der Waals surface area contributed by atoms with Gasteiger partial charge in [0, 0.05) is 17.0 Å². The number of thioether (sulfide) groups is 1. The molecular weight excluding hydrogens is 236 g/mol. The maximum absolute atomic E-state index is 12.1. The summed E-state index contributed by atoms with van der Waals surface area (Å²) in [5.74, 6) is 0.165. The maximum atomic E-state index is 12.1. The second kappa shape index (κ2) is 5.00. The largest absolute Gasteiger partial charge is 0.382 e. The average Bonchev–Trinajstić information content (AvgIpc) is 2.85. The minimum atomic E-state index is -0.111. The highest BCUT2D eigenvalue weighted by atomic mass is 32.2. The predicted octanol–water partition coefficient (Wildman–Crippen LogP) is 1.31. The van der Waals surface area contributed by atoms with Gasteiger partial charge in [-0.1, -0.05) is 6.42 Å². The molecule has 0 radical (unpaired) electrons. The summed E-state index contributed by atoms with van der Waals surface area (Å²) in [6.45, 7) is 1.80. The second-order valence-corrected chi connectivity index (χ2v) is 5.47. The number of anilines is 1. The van der Waals surface area contributed by atoms with Crippen LogP contribution in [0.2, 0.25) is 0 Å². The van der Waals surface area contributed by atoms with Gasteiger partial charge < -0.3 is 11.1 Å². The van der Waals surface area contributed by atoms with Gasteiger partial charge in [-0.15, -0.1) is 0 Å². The van der Waals surface area contributed by atoms with Crippen LogP contribution in [0.1, 0.15) is 35.3 Å². The van der Waals surface area contributed by atoms with Gasteiger partial charge in [0.15, 0.2) is 5.82 Å². The van der Waals surface area contributed by atoms with Gasteiger partial charge in [0.2, 0.25) is 0 Å². The minimum absolute atomic E-state index is 0.111. The molecule has 5 nitrogen and oxygen atoms in total. The van der Waals surface area contributed by atoms with Crippen LogP contribution in [0.3, 0.4) is 0 Å². The first-order valence-electron chi connectivity index (χ1n) is 5.77. The van der Waals surface area contributed by atoms with E-state index in [0.29, 0.717) is 10.8 Å². The first kappa shape index (κ1) is 12.3. The number of H-pyrrole nitrogens is 1. The molecule has 94 valence electrons. The van der Waals surface area contributed by atoms with Gasteiger partial charge in [-0.2, -0.15) is 16.9 Å². The first-order valence-corrected chi connectivity index (χ1v) is 7.06. The predicted molar refractivity (Wildman–Crippen MR) is 70.1 cm³/mol. The number of aromatic amines is 1. The maximum Gasteiger partial charge on any atom is 0.257 e. The standard InChI is InChI=1S/C11H18N4OS/c1-6-9(10(12)15-14-6)11(16)13-7-4-3-5-8(7)17-2/h7-8H,3-5H2,1-2H3,(H,13,16)(H3,12,14,15). The van der Waals surface area contributed by atoms with Crippen molar-refractivity contribution in [1.82, 2.24) is 15.5 Å². The zero-order valence-electron chi connectivity index (χ0n) is 10.1. The summed E-state index contributed by atoms with van der Waals surface area (Å²) in [7, 11) is 0. The smallest absolute Gasteiger partial charge is 0.257 e. The molecule has 1 heterocycles. The SMILES string of the molecule is CSC1CCCC1NC(=O)c1c(N)n[nH]c1C. The Morgan fingerprint density at radius 3 is 2.94 bits per heavy atom. The van der Waals surface area contributed by atoms with E-state index < -0.39 is 0 Å². The number of carbonyl (C=O) groups is 1. The topological polar surface area (TPSA) is 83.8 Å². The zero-order chi connectivity index (χ0) is 12.4. The highest BCUT2D eigenvalue weighted by Gasteiger charge is 2.29. The number of rotatable bonds is 3. The molecule has 17 heavy (non-hydrogen) atoms. The lowest BCUT2D eigenvalue weighted by molar-refractivity contribution is 0.0939. The van der Waals surface area contributed by atoms with E-state index in [1.54, 1.807) is 6.92 Å². The van der Waals surface area contributed by atoms with E-state index >= 15 is 0 Å². The average molecular weight is 254 g/mol. The summed E-state index contributed by atoms with van der Waals surface area (Å²) in [6.07, 6.45) is 5.49. The highest BCUT2D eigenvalue weighted by molar-refractivity contribution is 7.99. The normalized spacial score (nSPS) is 23.9. The van der Waals surface area contributed by atoms with Crippen molar-refractivity contribution in [3.8, 4) is 0 Å². The molecule has 1 aliphatic carbocycles. The van der Waals surface area contributed by atoms with Gasteiger partial charge in [0.25, 0.3) is 5.91 Å². The van der Waals surface area contributed by atoms with Crippen LogP contribution in [0.25, 0.3) is 0 Å². The van der Waals surface area contributed by atoms with Crippen molar-refractivity contribution in [3.63, 3.8) is 0 Å². The Labute approximate surface area is 105 Å². The van der Waals surface area contributed by atoms with Gasteiger partial charge in [0.05, 0.1) is 0 Å². The molecule has 1 aromatic rings. The summed E-state index contributed by atoms with van der Waals surface area (Å²) in [4.78, 5) is 12.1. The molecule has 1 aliphatic rings. The van der Waals surface area contributed by atoms with Crippen LogP contribution in [-0.2, 0) is 0 Å². The zero-order valence-corrected chi connectivity index (χ0v) is 10.9. The van der Waals surface area contributed by atoms with Crippen LogP contribution in [0.4, 0.5) is 5.82 Å². The van der Waals surface area contributed by atoms with Crippen LogP contribution in [0.15, 0.2) is 0 Å². The lowest BCUT2D eigenvalue weighted by atomic mass is 10.2. The number of nitrogens with zero attached hydrogens (tertiary/aromatic N) is 1. The van der Waals surface area contributed by atoms with Crippen molar-refractivity contribution in [1.29, 1.82) is 0 Å². The van der Waals surface area contributed by atoms with Gasteiger partial charge in [-0.25, -0.2) is 0 Å². The summed E-state index contributed by atoms with van der Waals surface area (Å²) in [6, 6.07) is 0.256. The van der Waals surface area contributed by atoms with Gasteiger partial charge in [-0.3, -0.25) is 9.89 Å². The third kappa shape index (κ3) is 2.41. The quantitative estimate of drug-likeness (QED) is 0.759. The lowest BCUT2D eigenvalue weighted by Gasteiger charge is -2.19. The number of nitrogens with two attached hydrogens (primary N) is 1. The van der Waals surface area contributed by atoms with Crippen molar-refractivity contribution in [2.45, 2.75) is 37.5 Å². The Morgan fingerprint density at radius 2 is 2.35 bits per heavy atom. The fourth-order valence-corrected chi connectivity index (χ4v) is 3.28. The summed E-state index contributed by atoms with van der Waals surface area (Å²) in [5.41, 5.74) is 6.88. The van der Waals surface area contributed by atoms with E-state index in [1.165, 1.54) is 12.8 Å². The van der Waals surface area contributed by atoms with E-state index in [1.807, 2.05) is 11.8 Å². The molecule has 0 bridgehead atoms. The van der Waals surface area contributed by atoms with Crippen molar-refractivity contribution >= 4 is 23.5 Å². The lowest BCUT2D eigenvalue weighted by Crippen LogP contribution is -2.39. The molecule has 2 atom stereocenters. The molecule has 4 N–H and O–H groups in total. The molecule has 1 saturated carbocycles. The van der Waals surface area contributed by atoms with Crippen molar-refractivity contribution < 1.29 is 4.79 Å². The Kier molecular flexibility index (Phi) is 3.61. The van der Waals surface area contributed by atoms with E-state index in [9.17, 15) is 4.79 Å². The number of aromatic nitrogens is 2. The van der Waals surface area contributed by atoms with Crippen molar-refractivity contribution in [3.05, 3.63) is 11.3 Å². The number of carbonyl (C=O) groups excluding carboxylic acids is 1. The van der Waals surface area contributed by atoms with Gasteiger partial charge in [-0.05, 0) is 26.0 Å². The van der Waals surface area contributed by atoms with Gasteiger partial charge in [0.1, 0.15) is 5.56 Å². The third-order valence-corrected chi connectivity index (χ3v) is 4.44. The molecule has 0 aliphatic heterocycles. The first-order chi connectivity index (χ1) is 8.13. The molecule has 0 saturated heterocycles. The Hall–Kier alpha value is -1.17. The summed E-state index contributed by atoms with van der Waals surface area (Å²) in [5, 5.41) is 10.1. The molecular formula is C11H18N4OS. The highest BCUT2D eigenvalue weighted by Crippen LogP contribution is 2.28. The second-order valence-electron chi connectivity index (χ2n) is 4.39. The molecule has 0 spiro atoms. The Morgan fingerprint density at radius 1 is 1.59 bits per heavy atom. The molecule has 2 rings (SSSR count). The van der Waals surface area contributed by atoms with Crippen molar-refractivity contribution in [2.75, 3.05) is 12.0 Å². The molecule has 1 aromatic heterocycles. The fourth-order valence-electron chi connectivity index (χ4n) is 2.35. The molecule has 6 heteroatoms. The van der Waals surface area contributed by atoms with Crippen LogP contribution in [0.5, 0.6) is 0 Å². The molecule has 0 aromatic carbocycles. The molecule has 2 unspecified atom stereocenters. The van der Waals surface area contributed by atoms with E-state index in [2.05, 4.69) is 21.8 Å². The molecule has 1 amide bonds. The number of nitrogens with one attached hydrogen (secondary N) is 2. The summed E-state index contributed by atoms with van der Waals surface area (Å²) >= 11 is 1.82. The number of hydrogen-bond donors (Lipinski definition) is 3. The number of hydrogen-bond acceptors (Lipinski definition) is 4. The van der Waals surface area contributed by atoms with E-state index in [0.717, 1.165) is 12.1 Å². The van der Waals surface area contributed by atoms with Crippen LogP contribution < -0.4 is 11.1 Å². The number of nitrogen functional groups attached to an aromatic ring is 1. The summed E-state index contributed by atoms with van der Waals surface area (Å²) < 4.78 is 0. The van der Waals surface area contributed by atoms with Crippen LogP contribution in [0, 0.1) is 6.92 Å². The third-order valence-electron chi connectivity index (χ3n) is 3.27. The van der Waals surface area contributed by atoms with Gasteiger partial charge >= 0.3 is 0 Å². The fraction of sp³-hybridized carbons (Fsp3) is 0.636. The van der Waals surface area contributed by atoms with Crippen LogP contribution in [-0.4, -0.2) is 33.7 Å². The van der Waals surface area contributed by atoms with E-state index in [-0.39, 0.29) is 17.8 Å². The molecule has 1 fully saturated rings. The number of amides is 1. The Balaban J connectivity index is 2.07. The monoisotopic (exact) mass is 254 g/mol. The van der Waals surface area contributed by atoms with Crippen molar-refractivity contribution in [2.24, 2.45) is 0 Å². The minimum Gasteiger partial charge on any atom is -0.382 e. The Bertz CT molecular complexity index is 398.